The first-order chi connectivity index (χ1) is 8.65. The van der Waals surface area contributed by atoms with Crippen LogP contribution in [-0.2, 0) is 17.9 Å². The molecule has 0 radical (unpaired) electrons. The van der Waals surface area contributed by atoms with E-state index in [1.807, 2.05) is 6.07 Å². The van der Waals surface area contributed by atoms with Crippen molar-refractivity contribution in [2.24, 2.45) is 0 Å². The normalized spacial score (nSPS) is 10.3. The molecule has 0 atom stereocenters. The summed E-state index contributed by atoms with van der Waals surface area (Å²) in [7, 11) is 0. The molecule has 6 heteroatoms. The second-order valence-corrected chi connectivity index (χ2v) is 5.45. The molecule has 2 aromatic heterocycles. The zero-order valence-electron chi connectivity index (χ0n) is 9.43. The first kappa shape index (κ1) is 12.9. The number of amides is 1. The molecule has 1 amide bonds. The Kier molecular flexibility index (Phi) is 4.17. The molecule has 0 unspecified atom stereocenters. The van der Waals surface area contributed by atoms with Crippen molar-refractivity contribution in [2.45, 2.75) is 13.1 Å². The second kappa shape index (κ2) is 5.84. The van der Waals surface area contributed by atoms with Crippen molar-refractivity contribution in [3.8, 4) is 0 Å². The minimum Gasteiger partial charge on any atom is -0.350 e. The van der Waals surface area contributed by atoms with Crippen molar-refractivity contribution < 1.29 is 4.79 Å². The van der Waals surface area contributed by atoms with Gasteiger partial charge in [-0.15, -0.1) is 11.3 Å². The Morgan fingerprint density at radius 1 is 1.33 bits per heavy atom. The maximum Gasteiger partial charge on any atom is 0.250 e. The summed E-state index contributed by atoms with van der Waals surface area (Å²) in [6.07, 6.45) is 1.59. The summed E-state index contributed by atoms with van der Waals surface area (Å²) in [6.45, 7) is 0.455. The highest BCUT2D eigenvalue weighted by Crippen LogP contribution is 2.20. The molecule has 18 heavy (non-hydrogen) atoms. The van der Waals surface area contributed by atoms with Gasteiger partial charge in [0.25, 0.3) is 5.56 Å². The van der Waals surface area contributed by atoms with E-state index in [2.05, 4.69) is 5.32 Å². The molecule has 2 heterocycles. The van der Waals surface area contributed by atoms with E-state index in [4.69, 9.17) is 11.6 Å². The number of nitrogens with one attached hydrogen (secondary N) is 1. The molecule has 0 saturated heterocycles. The van der Waals surface area contributed by atoms with E-state index in [0.717, 1.165) is 4.88 Å². The summed E-state index contributed by atoms with van der Waals surface area (Å²) < 4.78 is 2.05. The highest BCUT2D eigenvalue weighted by Gasteiger charge is 2.04. The predicted octanol–water partition coefficient (Wildman–Crippen LogP) is 1.88. The Balaban J connectivity index is 1.90. The van der Waals surface area contributed by atoms with Crippen LogP contribution in [0.3, 0.4) is 0 Å². The average molecular weight is 283 g/mol. The summed E-state index contributed by atoms with van der Waals surface area (Å²) in [4.78, 5) is 24.0. The number of aromatic nitrogens is 1. The Labute approximate surface area is 113 Å². The maximum atomic E-state index is 11.6. The molecular weight excluding hydrogens is 272 g/mol. The summed E-state index contributed by atoms with van der Waals surface area (Å²) >= 11 is 7.21. The second-order valence-electron chi connectivity index (χ2n) is 3.65. The van der Waals surface area contributed by atoms with Gasteiger partial charge in [-0.2, -0.15) is 0 Å². The van der Waals surface area contributed by atoms with Crippen LogP contribution >= 0.6 is 22.9 Å². The van der Waals surface area contributed by atoms with Gasteiger partial charge in [-0.25, -0.2) is 0 Å². The monoisotopic (exact) mass is 282 g/mol. The number of rotatable bonds is 4. The number of hydrogen-bond donors (Lipinski definition) is 1. The Bertz CT molecular complexity index is 606. The molecule has 2 aromatic rings. The molecule has 0 bridgehead atoms. The van der Waals surface area contributed by atoms with Gasteiger partial charge in [0.15, 0.2) is 0 Å². The molecule has 94 valence electrons. The van der Waals surface area contributed by atoms with Gasteiger partial charge in [-0.05, 0) is 18.2 Å². The smallest absolute Gasteiger partial charge is 0.250 e. The molecule has 0 aliphatic heterocycles. The molecule has 1 N–H and O–H groups in total. The van der Waals surface area contributed by atoms with E-state index >= 15 is 0 Å². The topological polar surface area (TPSA) is 51.1 Å². The molecule has 2 rings (SSSR count). The van der Waals surface area contributed by atoms with E-state index in [9.17, 15) is 9.59 Å². The Morgan fingerprint density at radius 2 is 2.17 bits per heavy atom. The zero-order valence-corrected chi connectivity index (χ0v) is 11.0. The fourth-order valence-corrected chi connectivity index (χ4v) is 2.46. The average Bonchev–Trinajstić information content (AvgIpc) is 2.76. The number of carbonyl (C=O) groups excluding carboxylic acids is 1. The standard InChI is InChI=1S/C12H11ClN2O2S/c13-10-5-4-9(18-10)7-14-11(16)8-15-6-2-1-3-12(15)17/h1-6H,7-8H2,(H,14,16). The van der Waals surface area contributed by atoms with Gasteiger partial charge in [0.2, 0.25) is 5.91 Å². The van der Waals surface area contributed by atoms with Crippen molar-refractivity contribution in [2.75, 3.05) is 0 Å². The lowest BCUT2D eigenvalue weighted by molar-refractivity contribution is -0.121. The Morgan fingerprint density at radius 3 is 2.83 bits per heavy atom. The molecule has 0 aliphatic carbocycles. The highest BCUT2D eigenvalue weighted by molar-refractivity contribution is 7.16. The summed E-state index contributed by atoms with van der Waals surface area (Å²) in [5.41, 5.74) is -0.188. The van der Waals surface area contributed by atoms with E-state index in [0.29, 0.717) is 10.9 Å². The van der Waals surface area contributed by atoms with Gasteiger partial charge in [0.05, 0.1) is 10.9 Å². The molecule has 0 saturated carbocycles. The number of carbonyl (C=O) groups is 1. The van der Waals surface area contributed by atoms with E-state index in [1.54, 1.807) is 24.4 Å². The molecule has 0 aromatic carbocycles. The summed E-state index contributed by atoms with van der Waals surface area (Å²) in [6, 6.07) is 8.43. The van der Waals surface area contributed by atoms with Crippen LogP contribution in [0.25, 0.3) is 0 Å². The number of nitrogens with zero attached hydrogens (tertiary/aromatic N) is 1. The van der Waals surface area contributed by atoms with Gasteiger partial charge in [0, 0.05) is 17.1 Å². The van der Waals surface area contributed by atoms with E-state index in [-0.39, 0.29) is 18.0 Å². The molecule has 0 aliphatic rings. The molecule has 0 spiro atoms. The lowest BCUT2D eigenvalue weighted by atomic mass is 10.4. The third-order valence-electron chi connectivity index (χ3n) is 2.30. The fraction of sp³-hybridized carbons (Fsp3) is 0.167. The van der Waals surface area contributed by atoms with Crippen molar-refractivity contribution in [1.82, 2.24) is 9.88 Å². The molecule has 0 fully saturated rings. The van der Waals surface area contributed by atoms with Gasteiger partial charge in [-0.1, -0.05) is 17.7 Å². The third kappa shape index (κ3) is 3.45. The number of halogens is 1. The zero-order chi connectivity index (χ0) is 13.0. The summed E-state index contributed by atoms with van der Waals surface area (Å²) in [5.74, 6) is -0.201. The predicted molar refractivity (Wildman–Crippen MR) is 71.9 cm³/mol. The van der Waals surface area contributed by atoms with Crippen LogP contribution in [0.15, 0.2) is 41.3 Å². The van der Waals surface area contributed by atoms with Gasteiger partial charge < -0.3 is 9.88 Å². The lowest BCUT2D eigenvalue weighted by Crippen LogP contribution is -2.31. The van der Waals surface area contributed by atoms with Crippen LogP contribution in [0.2, 0.25) is 4.34 Å². The first-order valence-electron chi connectivity index (χ1n) is 5.31. The first-order valence-corrected chi connectivity index (χ1v) is 6.51. The summed E-state index contributed by atoms with van der Waals surface area (Å²) in [5, 5.41) is 2.74. The van der Waals surface area contributed by atoms with Gasteiger partial charge in [0.1, 0.15) is 6.54 Å². The van der Waals surface area contributed by atoms with Crippen LogP contribution in [0.4, 0.5) is 0 Å². The molecular formula is C12H11ClN2O2S. The maximum absolute atomic E-state index is 11.6. The van der Waals surface area contributed by atoms with Crippen LogP contribution in [-0.4, -0.2) is 10.5 Å². The minimum atomic E-state index is -0.201. The van der Waals surface area contributed by atoms with Crippen LogP contribution in [0.1, 0.15) is 4.88 Å². The van der Waals surface area contributed by atoms with E-state index in [1.165, 1.54) is 22.0 Å². The lowest BCUT2D eigenvalue weighted by Gasteiger charge is -2.05. The van der Waals surface area contributed by atoms with Gasteiger partial charge >= 0.3 is 0 Å². The number of pyridine rings is 1. The van der Waals surface area contributed by atoms with Crippen LogP contribution in [0.5, 0.6) is 0 Å². The van der Waals surface area contributed by atoms with Gasteiger partial charge in [-0.3, -0.25) is 9.59 Å². The number of hydrogen-bond acceptors (Lipinski definition) is 3. The van der Waals surface area contributed by atoms with E-state index < -0.39 is 0 Å². The SMILES string of the molecule is O=C(Cn1ccccc1=O)NCc1ccc(Cl)s1. The molecule has 4 nitrogen and oxygen atoms in total. The third-order valence-corrected chi connectivity index (χ3v) is 3.53. The number of thiophene rings is 1. The highest BCUT2D eigenvalue weighted by atomic mass is 35.5. The van der Waals surface area contributed by atoms with Crippen molar-refractivity contribution in [3.63, 3.8) is 0 Å². The van der Waals surface area contributed by atoms with Crippen molar-refractivity contribution in [1.29, 1.82) is 0 Å². The quantitative estimate of drug-likeness (QED) is 0.931. The minimum absolute atomic E-state index is 0.0266. The fourth-order valence-electron chi connectivity index (χ4n) is 1.43. The largest absolute Gasteiger partial charge is 0.350 e. The Hall–Kier alpha value is -1.59. The van der Waals surface area contributed by atoms with Crippen molar-refractivity contribution in [3.05, 3.63) is 56.1 Å². The van der Waals surface area contributed by atoms with Crippen molar-refractivity contribution >= 4 is 28.8 Å². The van der Waals surface area contributed by atoms with Crippen LogP contribution < -0.4 is 10.9 Å². The van der Waals surface area contributed by atoms with Crippen LogP contribution in [0, 0.1) is 0 Å².